The van der Waals surface area contributed by atoms with E-state index < -0.39 is 12.1 Å². The van der Waals surface area contributed by atoms with Crippen LogP contribution in [0.2, 0.25) is 5.15 Å². The van der Waals surface area contributed by atoms with E-state index in [0.717, 1.165) is 0 Å². The van der Waals surface area contributed by atoms with Gasteiger partial charge in [-0.25, -0.2) is 4.98 Å². The van der Waals surface area contributed by atoms with Crippen LogP contribution in [0.1, 0.15) is 18.2 Å². The first kappa shape index (κ1) is 10.0. The number of aromatic nitrogens is 2. The molecule has 72 valence electrons. The Kier molecular flexibility index (Phi) is 2.90. The number of aliphatic hydroxyl groups excluding tert-OH is 1. The molecule has 0 bridgehead atoms. The fraction of sp³-hybridized carbons (Fsp3) is 0.429. The summed E-state index contributed by atoms with van der Waals surface area (Å²) < 4.78 is 1.50. The fourth-order valence-corrected chi connectivity index (χ4v) is 1.35. The molecule has 13 heavy (non-hydrogen) atoms. The number of carboxylic acid groups (broad SMARTS) is 1. The van der Waals surface area contributed by atoms with E-state index in [1.54, 1.807) is 7.05 Å². The average molecular weight is 205 g/mol. The van der Waals surface area contributed by atoms with Crippen molar-refractivity contribution < 1.29 is 15.0 Å². The van der Waals surface area contributed by atoms with Gasteiger partial charge in [0.05, 0.1) is 18.4 Å². The first-order valence-electron chi connectivity index (χ1n) is 3.59. The van der Waals surface area contributed by atoms with E-state index in [9.17, 15) is 9.90 Å². The topological polar surface area (TPSA) is 75.3 Å². The van der Waals surface area contributed by atoms with Gasteiger partial charge in [-0.1, -0.05) is 11.6 Å². The van der Waals surface area contributed by atoms with Crippen LogP contribution in [0.15, 0.2) is 6.33 Å². The standard InChI is InChI=1S/C7H9ClN2O3/c1-10-3-9-7(8)6(10)4(11)2-5(12)13/h3-4,11H,2H2,1H3,(H,12,13)/t4-/m0/s1. The van der Waals surface area contributed by atoms with Crippen LogP contribution < -0.4 is 0 Å². The normalized spacial score (nSPS) is 12.8. The summed E-state index contributed by atoms with van der Waals surface area (Å²) in [4.78, 5) is 14.0. The number of aliphatic hydroxyl groups is 1. The van der Waals surface area contributed by atoms with Gasteiger partial charge in [0.1, 0.15) is 6.10 Å². The molecule has 0 saturated carbocycles. The van der Waals surface area contributed by atoms with Gasteiger partial charge in [-0.3, -0.25) is 4.79 Å². The molecule has 0 aliphatic heterocycles. The minimum absolute atomic E-state index is 0.135. The SMILES string of the molecule is Cn1cnc(Cl)c1[C@@H](O)CC(=O)O. The average Bonchev–Trinajstić information content (AvgIpc) is 2.29. The smallest absolute Gasteiger partial charge is 0.306 e. The summed E-state index contributed by atoms with van der Waals surface area (Å²) in [6.45, 7) is 0. The maximum atomic E-state index is 10.3. The minimum atomic E-state index is -1.11. The molecule has 5 nitrogen and oxygen atoms in total. The molecule has 1 aromatic heterocycles. The van der Waals surface area contributed by atoms with Crippen molar-refractivity contribution in [1.29, 1.82) is 0 Å². The van der Waals surface area contributed by atoms with Crippen molar-refractivity contribution in [3.8, 4) is 0 Å². The minimum Gasteiger partial charge on any atom is -0.481 e. The van der Waals surface area contributed by atoms with Crippen molar-refractivity contribution in [3.05, 3.63) is 17.2 Å². The molecule has 2 N–H and O–H groups in total. The number of aliphatic carboxylic acids is 1. The van der Waals surface area contributed by atoms with Crippen LogP contribution >= 0.6 is 11.6 Å². The van der Waals surface area contributed by atoms with E-state index in [-0.39, 0.29) is 11.6 Å². The molecular formula is C7H9ClN2O3. The van der Waals surface area contributed by atoms with Gasteiger partial charge in [-0.05, 0) is 0 Å². The van der Waals surface area contributed by atoms with Crippen molar-refractivity contribution in [2.45, 2.75) is 12.5 Å². The molecule has 6 heteroatoms. The zero-order chi connectivity index (χ0) is 10.0. The van der Waals surface area contributed by atoms with E-state index in [0.29, 0.717) is 5.69 Å². The third-order valence-electron chi connectivity index (χ3n) is 1.62. The lowest BCUT2D eigenvalue weighted by Crippen LogP contribution is -2.09. The third-order valence-corrected chi connectivity index (χ3v) is 1.91. The highest BCUT2D eigenvalue weighted by Gasteiger charge is 2.18. The van der Waals surface area contributed by atoms with Gasteiger partial charge in [-0.15, -0.1) is 0 Å². The molecule has 0 fully saturated rings. The van der Waals surface area contributed by atoms with Crippen LogP contribution in [-0.4, -0.2) is 25.7 Å². The predicted molar refractivity (Wildman–Crippen MR) is 45.4 cm³/mol. The summed E-state index contributed by atoms with van der Waals surface area (Å²) >= 11 is 5.64. The number of aryl methyl sites for hydroxylation is 1. The highest BCUT2D eigenvalue weighted by atomic mass is 35.5. The Morgan fingerprint density at radius 2 is 2.46 bits per heavy atom. The molecule has 1 aromatic rings. The number of hydrogen-bond donors (Lipinski definition) is 2. The Morgan fingerprint density at radius 1 is 1.85 bits per heavy atom. The van der Waals surface area contributed by atoms with Crippen LogP contribution in [0.5, 0.6) is 0 Å². The number of halogens is 1. The maximum absolute atomic E-state index is 10.3. The van der Waals surface area contributed by atoms with Crippen molar-refractivity contribution in [1.82, 2.24) is 9.55 Å². The maximum Gasteiger partial charge on any atom is 0.306 e. The highest BCUT2D eigenvalue weighted by molar-refractivity contribution is 6.30. The van der Waals surface area contributed by atoms with Crippen LogP contribution in [-0.2, 0) is 11.8 Å². The molecule has 0 aliphatic rings. The molecule has 1 atom stereocenters. The van der Waals surface area contributed by atoms with Crippen molar-refractivity contribution >= 4 is 17.6 Å². The van der Waals surface area contributed by atoms with Gasteiger partial charge in [0.15, 0.2) is 5.15 Å². The Balaban J connectivity index is 2.87. The molecule has 0 amide bonds. The lowest BCUT2D eigenvalue weighted by molar-refractivity contribution is -0.139. The Bertz CT molecular complexity index is 304. The summed E-state index contributed by atoms with van der Waals surface area (Å²) in [6, 6.07) is 0. The zero-order valence-corrected chi connectivity index (χ0v) is 7.69. The second-order valence-corrected chi connectivity index (χ2v) is 3.00. The zero-order valence-electron chi connectivity index (χ0n) is 6.94. The van der Waals surface area contributed by atoms with Gasteiger partial charge < -0.3 is 14.8 Å². The van der Waals surface area contributed by atoms with Gasteiger partial charge in [0, 0.05) is 7.05 Å². The van der Waals surface area contributed by atoms with Gasteiger partial charge in [-0.2, -0.15) is 0 Å². The second kappa shape index (κ2) is 3.76. The van der Waals surface area contributed by atoms with E-state index in [2.05, 4.69) is 4.98 Å². The molecule has 0 spiro atoms. The number of carboxylic acids is 1. The molecule has 0 aromatic carbocycles. The molecule has 0 aliphatic carbocycles. The predicted octanol–water partition coefficient (Wildman–Crippen LogP) is 0.582. The van der Waals surface area contributed by atoms with Crippen LogP contribution in [0.25, 0.3) is 0 Å². The lowest BCUT2D eigenvalue weighted by Gasteiger charge is -2.08. The summed E-state index contributed by atoms with van der Waals surface area (Å²) in [6.07, 6.45) is -0.0698. The Morgan fingerprint density at radius 3 is 2.85 bits per heavy atom. The van der Waals surface area contributed by atoms with Crippen LogP contribution in [0.4, 0.5) is 0 Å². The third kappa shape index (κ3) is 2.19. The first-order chi connectivity index (χ1) is 6.02. The van der Waals surface area contributed by atoms with Crippen LogP contribution in [0, 0.1) is 0 Å². The number of rotatable bonds is 3. The van der Waals surface area contributed by atoms with E-state index >= 15 is 0 Å². The Labute approximate surface area is 79.6 Å². The molecule has 1 heterocycles. The monoisotopic (exact) mass is 204 g/mol. The molecule has 0 saturated heterocycles. The summed E-state index contributed by atoms with van der Waals surface area (Å²) in [7, 11) is 1.64. The van der Waals surface area contributed by atoms with Gasteiger partial charge in [0.2, 0.25) is 0 Å². The van der Waals surface area contributed by atoms with E-state index in [1.165, 1.54) is 10.9 Å². The molecule has 0 radical (unpaired) electrons. The lowest BCUT2D eigenvalue weighted by atomic mass is 10.2. The second-order valence-electron chi connectivity index (χ2n) is 2.65. The Hall–Kier alpha value is -1.07. The number of imidazole rings is 1. The van der Waals surface area contributed by atoms with Crippen molar-refractivity contribution in [2.75, 3.05) is 0 Å². The van der Waals surface area contributed by atoms with E-state index in [4.69, 9.17) is 16.7 Å². The van der Waals surface area contributed by atoms with Crippen molar-refractivity contribution in [3.63, 3.8) is 0 Å². The quantitative estimate of drug-likeness (QED) is 0.755. The van der Waals surface area contributed by atoms with Crippen molar-refractivity contribution in [2.24, 2.45) is 7.05 Å². The highest BCUT2D eigenvalue weighted by Crippen LogP contribution is 2.23. The summed E-state index contributed by atoms with van der Waals surface area (Å²) in [5.41, 5.74) is 0.323. The van der Waals surface area contributed by atoms with E-state index in [1.807, 2.05) is 0 Å². The largest absolute Gasteiger partial charge is 0.481 e. The van der Waals surface area contributed by atoms with Gasteiger partial charge in [0.25, 0.3) is 0 Å². The van der Waals surface area contributed by atoms with Crippen LogP contribution in [0.3, 0.4) is 0 Å². The number of carbonyl (C=O) groups is 1. The summed E-state index contributed by atoms with van der Waals surface area (Å²) in [5.74, 6) is -1.08. The van der Waals surface area contributed by atoms with Gasteiger partial charge >= 0.3 is 5.97 Å². The first-order valence-corrected chi connectivity index (χ1v) is 3.96. The molecule has 0 unspecified atom stereocenters. The molecular weight excluding hydrogens is 196 g/mol. The number of nitrogens with zero attached hydrogens (tertiary/aromatic N) is 2. The molecule has 1 rings (SSSR count). The fourth-order valence-electron chi connectivity index (χ4n) is 1.05. The summed E-state index contributed by atoms with van der Waals surface area (Å²) in [5, 5.41) is 18.0. The number of hydrogen-bond acceptors (Lipinski definition) is 3.